The molecule has 1 unspecified atom stereocenters. The van der Waals surface area contributed by atoms with Gasteiger partial charge in [-0.3, -0.25) is 14.6 Å². The minimum atomic E-state index is -0.215. The maximum absolute atomic E-state index is 13.0. The van der Waals surface area contributed by atoms with Gasteiger partial charge in [0.05, 0.1) is 22.3 Å². The number of nitrogens with zero attached hydrogens (tertiary/aromatic N) is 4. The molecule has 1 aromatic heterocycles. The van der Waals surface area contributed by atoms with Crippen molar-refractivity contribution in [1.29, 1.82) is 5.26 Å². The molecule has 138 valence electrons. The Morgan fingerprint density at radius 3 is 2.75 bits per heavy atom. The monoisotopic (exact) mass is 370 g/mol. The highest BCUT2D eigenvalue weighted by atomic mass is 16.2. The van der Waals surface area contributed by atoms with Crippen molar-refractivity contribution in [1.82, 2.24) is 9.88 Å². The molecule has 0 bridgehead atoms. The van der Waals surface area contributed by atoms with Gasteiger partial charge in [-0.05, 0) is 31.2 Å². The van der Waals surface area contributed by atoms with Gasteiger partial charge in [-0.2, -0.15) is 5.26 Å². The third-order valence-electron chi connectivity index (χ3n) is 5.00. The number of benzene rings is 2. The molecule has 2 heterocycles. The van der Waals surface area contributed by atoms with Gasteiger partial charge < -0.3 is 9.80 Å². The van der Waals surface area contributed by atoms with Gasteiger partial charge >= 0.3 is 0 Å². The van der Waals surface area contributed by atoms with E-state index in [1.54, 1.807) is 46.3 Å². The summed E-state index contributed by atoms with van der Waals surface area (Å²) in [6.07, 6.45) is 1.55. The number of aromatic nitrogens is 1. The Balaban J connectivity index is 1.59. The van der Waals surface area contributed by atoms with Crippen molar-refractivity contribution in [2.24, 2.45) is 0 Å². The van der Waals surface area contributed by atoms with Gasteiger partial charge in [0, 0.05) is 24.2 Å². The van der Waals surface area contributed by atoms with Crippen molar-refractivity contribution in [2.45, 2.75) is 13.0 Å². The Kier molecular flexibility index (Phi) is 4.50. The van der Waals surface area contributed by atoms with E-state index in [0.29, 0.717) is 23.4 Å². The Morgan fingerprint density at radius 2 is 1.93 bits per heavy atom. The average molecular weight is 370 g/mol. The van der Waals surface area contributed by atoms with Crippen LogP contribution in [-0.4, -0.2) is 40.8 Å². The van der Waals surface area contributed by atoms with Crippen LogP contribution in [-0.2, 0) is 4.79 Å². The molecule has 2 aromatic carbocycles. The maximum atomic E-state index is 13.0. The molecule has 1 aliphatic rings. The topological polar surface area (TPSA) is 77.3 Å². The van der Waals surface area contributed by atoms with E-state index in [2.05, 4.69) is 11.1 Å². The van der Waals surface area contributed by atoms with Gasteiger partial charge in [0.1, 0.15) is 12.6 Å². The summed E-state index contributed by atoms with van der Waals surface area (Å²) >= 11 is 0. The summed E-state index contributed by atoms with van der Waals surface area (Å²) < 4.78 is 0. The van der Waals surface area contributed by atoms with Crippen LogP contribution in [0.3, 0.4) is 0 Å². The normalized spacial score (nSPS) is 16.9. The summed E-state index contributed by atoms with van der Waals surface area (Å²) in [6, 6.07) is 18.3. The second kappa shape index (κ2) is 7.12. The number of fused-ring (bicyclic) bond motifs is 1. The predicted molar refractivity (Wildman–Crippen MR) is 106 cm³/mol. The molecular weight excluding hydrogens is 352 g/mol. The van der Waals surface area contributed by atoms with E-state index in [1.807, 2.05) is 31.2 Å². The summed E-state index contributed by atoms with van der Waals surface area (Å²) in [5.74, 6) is -0.421. The fourth-order valence-corrected chi connectivity index (χ4v) is 3.51. The zero-order valence-electron chi connectivity index (χ0n) is 15.4. The van der Waals surface area contributed by atoms with Crippen molar-refractivity contribution < 1.29 is 9.59 Å². The van der Waals surface area contributed by atoms with Crippen LogP contribution < -0.4 is 4.90 Å². The van der Waals surface area contributed by atoms with E-state index in [0.717, 1.165) is 10.9 Å². The van der Waals surface area contributed by atoms with E-state index < -0.39 is 0 Å². The van der Waals surface area contributed by atoms with Crippen LogP contribution >= 0.6 is 0 Å². The van der Waals surface area contributed by atoms with Crippen LogP contribution in [0.5, 0.6) is 0 Å². The number of nitriles is 1. The first kappa shape index (κ1) is 17.7. The molecular formula is C22H18N4O2. The second-order valence-electron chi connectivity index (χ2n) is 6.83. The lowest BCUT2D eigenvalue weighted by molar-refractivity contribution is -0.121. The molecule has 0 radical (unpaired) electrons. The van der Waals surface area contributed by atoms with Crippen molar-refractivity contribution in [2.75, 3.05) is 18.0 Å². The SMILES string of the molecule is CC1CN(c2ccccc2C#N)C(=O)CN1C(=O)c1cnc2ccccc2c1. The van der Waals surface area contributed by atoms with Crippen LogP contribution in [0.15, 0.2) is 60.8 Å². The lowest BCUT2D eigenvalue weighted by atomic mass is 10.1. The predicted octanol–water partition coefficient (Wildman–Crippen LogP) is 2.98. The van der Waals surface area contributed by atoms with E-state index in [1.165, 1.54) is 0 Å². The minimum Gasteiger partial charge on any atom is -0.325 e. The highest BCUT2D eigenvalue weighted by Crippen LogP contribution is 2.25. The summed E-state index contributed by atoms with van der Waals surface area (Å²) in [6.45, 7) is 2.21. The number of carbonyl (C=O) groups excluding carboxylic acids is 2. The highest BCUT2D eigenvalue weighted by molar-refractivity contribution is 6.03. The first-order valence-electron chi connectivity index (χ1n) is 9.04. The quantitative estimate of drug-likeness (QED) is 0.695. The third kappa shape index (κ3) is 3.08. The maximum Gasteiger partial charge on any atom is 0.256 e. The molecule has 4 rings (SSSR count). The number of pyridine rings is 1. The van der Waals surface area contributed by atoms with Crippen molar-refractivity contribution in [3.05, 3.63) is 71.9 Å². The Labute approximate surface area is 162 Å². The van der Waals surface area contributed by atoms with Crippen LogP contribution in [0, 0.1) is 11.3 Å². The number of carbonyl (C=O) groups is 2. The molecule has 0 N–H and O–H groups in total. The van der Waals surface area contributed by atoms with Crippen molar-refractivity contribution >= 4 is 28.4 Å². The van der Waals surface area contributed by atoms with E-state index >= 15 is 0 Å². The lowest BCUT2D eigenvalue weighted by Gasteiger charge is -2.39. The Hall–Kier alpha value is -3.72. The molecule has 1 aliphatic heterocycles. The molecule has 2 amide bonds. The van der Waals surface area contributed by atoms with Gasteiger partial charge in [-0.1, -0.05) is 30.3 Å². The van der Waals surface area contributed by atoms with Crippen LogP contribution in [0.1, 0.15) is 22.8 Å². The number of anilines is 1. The molecule has 1 saturated heterocycles. The Bertz CT molecular complexity index is 1120. The largest absolute Gasteiger partial charge is 0.325 e. The van der Waals surface area contributed by atoms with Crippen LogP contribution in [0.4, 0.5) is 5.69 Å². The fraction of sp³-hybridized carbons (Fsp3) is 0.182. The Morgan fingerprint density at radius 1 is 1.18 bits per heavy atom. The smallest absolute Gasteiger partial charge is 0.256 e. The summed E-state index contributed by atoms with van der Waals surface area (Å²) in [5, 5.41) is 10.2. The summed E-state index contributed by atoms with van der Waals surface area (Å²) in [7, 11) is 0. The number of hydrogen-bond acceptors (Lipinski definition) is 4. The molecule has 1 atom stereocenters. The average Bonchev–Trinajstić information content (AvgIpc) is 2.74. The van der Waals surface area contributed by atoms with Crippen LogP contribution in [0.25, 0.3) is 10.9 Å². The summed E-state index contributed by atoms with van der Waals surface area (Å²) in [4.78, 5) is 33.3. The minimum absolute atomic E-state index is 0.0351. The zero-order valence-corrected chi connectivity index (χ0v) is 15.4. The second-order valence-corrected chi connectivity index (χ2v) is 6.83. The highest BCUT2D eigenvalue weighted by Gasteiger charge is 2.34. The molecule has 0 saturated carbocycles. The molecule has 0 aliphatic carbocycles. The number of piperazine rings is 1. The summed E-state index contributed by atoms with van der Waals surface area (Å²) in [5.41, 5.74) is 2.31. The standard InChI is InChI=1S/C22H18N4O2/c1-15-13-26(20-9-5-3-7-17(20)11-23)21(27)14-25(15)22(28)18-10-16-6-2-4-8-19(16)24-12-18/h2-10,12,15H,13-14H2,1H3. The van der Waals surface area contributed by atoms with Crippen molar-refractivity contribution in [3.8, 4) is 6.07 Å². The molecule has 6 heteroatoms. The molecule has 3 aromatic rings. The first-order valence-corrected chi connectivity index (χ1v) is 9.04. The first-order chi connectivity index (χ1) is 13.6. The molecule has 28 heavy (non-hydrogen) atoms. The van der Waals surface area contributed by atoms with E-state index in [9.17, 15) is 14.9 Å². The van der Waals surface area contributed by atoms with Gasteiger partial charge in [-0.15, -0.1) is 0 Å². The zero-order chi connectivity index (χ0) is 19.7. The number of para-hydroxylation sites is 2. The molecule has 1 fully saturated rings. The van der Waals surface area contributed by atoms with Crippen LogP contribution in [0.2, 0.25) is 0 Å². The molecule has 0 spiro atoms. The fourth-order valence-electron chi connectivity index (χ4n) is 3.51. The van der Waals surface area contributed by atoms with Gasteiger partial charge in [-0.25, -0.2) is 0 Å². The van der Waals surface area contributed by atoms with Crippen molar-refractivity contribution in [3.63, 3.8) is 0 Å². The van der Waals surface area contributed by atoms with E-state index in [-0.39, 0.29) is 24.4 Å². The number of rotatable bonds is 2. The van der Waals surface area contributed by atoms with Gasteiger partial charge in [0.25, 0.3) is 5.91 Å². The van der Waals surface area contributed by atoms with E-state index in [4.69, 9.17) is 0 Å². The lowest BCUT2D eigenvalue weighted by Crippen LogP contribution is -2.57. The third-order valence-corrected chi connectivity index (χ3v) is 5.00. The number of hydrogen-bond donors (Lipinski definition) is 0. The van der Waals surface area contributed by atoms with Gasteiger partial charge in [0.15, 0.2) is 0 Å². The number of amides is 2. The molecule has 6 nitrogen and oxygen atoms in total. The van der Waals surface area contributed by atoms with Gasteiger partial charge in [0.2, 0.25) is 5.91 Å².